The van der Waals surface area contributed by atoms with E-state index in [0.717, 1.165) is 12.8 Å². The molecule has 1 atom stereocenters. The average Bonchev–Trinajstić information content (AvgIpc) is 2.49. The fourth-order valence-electron chi connectivity index (χ4n) is 2.59. The van der Waals surface area contributed by atoms with Gasteiger partial charge in [-0.15, -0.1) is 0 Å². The molecule has 21 heavy (non-hydrogen) atoms. The minimum atomic E-state index is -0.235. The van der Waals surface area contributed by atoms with Crippen LogP contribution < -0.4 is 0 Å². The Bertz CT molecular complexity index is 541. The lowest BCUT2D eigenvalue weighted by atomic mass is 9.97. The first-order chi connectivity index (χ1) is 10.0. The Hall–Kier alpha value is -2.04. The number of hydrogen-bond donors (Lipinski definition) is 1. The van der Waals surface area contributed by atoms with Crippen LogP contribution in [-0.4, -0.2) is 41.6 Å². The monoisotopic (exact) mass is 291 g/mol. The van der Waals surface area contributed by atoms with Crippen molar-refractivity contribution in [1.29, 1.82) is 0 Å². The molecule has 1 N–H and O–H groups in total. The lowest BCUT2D eigenvalue weighted by Crippen LogP contribution is -2.42. The van der Waals surface area contributed by atoms with E-state index in [1.54, 1.807) is 30.9 Å². The summed E-state index contributed by atoms with van der Waals surface area (Å²) in [4.78, 5) is 26.0. The molecule has 1 aliphatic heterocycles. The van der Waals surface area contributed by atoms with Crippen molar-refractivity contribution >= 4 is 11.9 Å². The summed E-state index contributed by atoms with van der Waals surface area (Å²) in [5.41, 5.74) is 1.20. The first kappa shape index (κ1) is 15.4. The van der Waals surface area contributed by atoms with E-state index < -0.39 is 0 Å². The van der Waals surface area contributed by atoms with Crippen molar-refractivity contribution in [3.8, 4) is 5.75 Å². The van der Waals surface area contributed by atoms with Gasteiger partial charge in [-0.3, -0.25) is 9.59 Å². The predicted molar refractivity (Wildman–Crippen MR) is 78.1 cm³/mol. The highest BCUT2D eigenvalue weighted by Gasteiger charge is 2.29. The largest absolute Gasteiger partial charge is 0.508 e. The van der Waals surface area contributed by atoms with Gasteiger partial charge in [0.1, 0.15) is 5.75 Å². The molecule has 5 heteroatoms. The number of amides is 1. The first-order valence-corrected chi connectivity index (χ1v) is 7.28. The number of esters is 1. The number of aromatic hydroxyl groups is 1. The van der Waals surface area contributed by atoms with Gasteiger partial charge in [0.25, 0.3) is 5.91 Å². The Labute approximate surface area is 124 Å². The highest BCUT2D eigenvalue weighted by atomic mass is 16.5. The summed E-state index contributed by atoms with van der Waals surface area (Å²) in [7, 11) is 0. The Kier molecular flexibility index (Phi) is 4.83. The van der Waals surface area contributed by atoms with Crippen molar-refractivity contribution < 1.29 is 19.4 Å². The minimum absolute atomic E-state index is 0.105. The zero-order chi connectivity index (χ0) is 15.4. The highest BCUT2D eigenvalue weighted by molar-refractivity contribution is 5.95. The van der Waals surface area contributed by atoms with Gasteiger partial charge >= 0.3 is 5.97 Å². The maximum absolute atomic E-state index is 12.5. The minimum Gasteiger partial charge on any atom is -0.508 e. The summed E-state index contributed by atoms with van der Waals surface area (Å²) >= 11 is 0. The van der Waals surface area contributed by atoms with Gasteiger partial charge < -0.3 is 14.7 Å². The molecule has 0 unspecified atom stereocenters. The Morgan fingerprint density at radius 2 is 2.19 bits per heavy atom. The normalized spacial score (nSPS) is 18.4. The topological polar surface area (TPSA) is 66.8 Å². The average molecular weight is 291 g/mol. The molecule has 0 spiro atoms. The van der Waals surface area contributed by atoms with Crippen LogP contribution in [0.25, 0.3) is 0 Å². The molecule has 2 rings (SSSR count). The molecule has 0 aromatic heterocycles. The second kappa shape index (κ2) is 6.61. The summed E-state index contributed by atoms with van der Waals surface area (Å²) in [6, 6.07) is 4.81. The number of piperidine rings is 1. The van der Waals surface area contributed by atoms with E-state index in [1.807, 2.05) is 0 Å². The predicted octanol–water partition coefficient (Wildman–Crippen LogP) is 2.12. The first-order valence-electron chi connectivity index (χ1n) is 7.28. The summed E-state index contributed by atoms with van der Waals surface area (Å²) < 4.78 is 5.04. The zero-order valence-corrected chi connectivity index (χ0v) is 12.5. The fourth-order valence-corrected chi connectivity index (χ4v) is 2.59. The van der Waals surface area contributed by atoms with Crippen LogP contribution in [0.15, 0.2) is 18.2 Å². The van der Waals surface area contributed by atoms with Crippen molar-refractivity contribution in [2.75, 3.05) is 19.7 Å². The molecule has 1 fully saturated rings. The molecule has 0 bridgehead atoms. The molecule has 1 aromatic carbocycles. The van der Waals surface area contributed by atoms with E-state index in [0.29, 0.717) is 30.8 Å². The van der Waals surface area contributed by atoms with Gasteiger partial charge in [0.05, 0.1) is 12.5 Å². The van der Waals surface area contributed by atoms with Crippen molar-refractivity contribution in [3.05, 3.63) is 29.3 Å². The van der Waals surface area contributed by atoms with Crippen LogP contribution in [0.2, 0.25) is 0 Å². The third-order valence-corrected chi connectivity index (χ3v) is 3.77. The number of hydrogen-bond acceptors (Lipinski definition) is 4. The Morgan fingerprint density at radius 3 is 2.86 bits per heavy atom. The number of benzene rings is 1. The second-order valence-corrected chi connectivity index (χ2v) is 5.34. The molecule has 0 radical (unpaired) electrons. The standard InChI is InChI=1S/C16H21NO4/c1-3-21-16(20)13-5-4-8-17(10-13)15(19)12-6-7-14(18)11(2)9-12/h6-7,9,13,18H,3-5,8,10H2,1-2H3/t13-/m0/s1. The second-order valence-electron chi connectivity index (χ2n) is 5.34. The maximum atomic E-state index is 12.5. The summed E-state index contributed by atoms with van der Waals surface area (Å²) in [6.07, 6.45) is 1.56. The molecule has 0 aliphatic carbocycles. The number of carbonyl (C=O) groups excluding carboxylic acids is 2. The summed E-state index contributed by atoms with van der Waals surface area (Å²) in [5.74, 6) is -0.389. The van der Waals surface area contributed by atoms with Crippen LogP contribution >= 0.6 is 0 Å². The Balaban J connectivity index is 2.08. The maximum Gasteiger partial charge on any atom is 0.310 e. The molecule has 1 aromatic rings. The number of likely N-dealkylation sites (tertiary alicyclic amines) is 1. The highest BCUT2D eigenvalue weighted by Crippen LogP contribution is 2.22. The van der Waals surface area contributed by atoms with Crippen LogP contribution in [0.1, 0.15) is 35.7 Å². The van der Waals surface area contributed by atoms with Gasteiger partial charge in [-0.25, -0.2) is 0 Å². The molecule has 1 heterocycles. The molecule has 114 valence electrons. The van der Waals surface area contributed by atoms with Crippen molar-refractivity contribution in [2.24, 2.45) is 5.92 Å². The molecule has 1 aliphatic rings. The van der Waals surface area contributed by atoms with Gasteiger partial charge in [0.2, 0.25) is 0 Å². The number of ether oxygens (including phenoxy) is 1. The SMILES string of the molecule is CCOC(=O)[C@H]1CCCN(C(=O)c2ccc(O)c(C)c2)C1. The van der Waals surface area contributed by atoms with Gasteiger partial charge in [-0.05, 0) is 50.5 Å². The number of phenols is 1. The molecule has 5 nitrogen and oxygen atoms in total. The van der Waals surface area contributed by atoms with E-state index in [-0.39, 0.29) is 23.5 Å². The Morgan fingerprint density at radius 1 is 1.43 bits per heavy atom. The third kappa shape index (κ3) is 3.54. The third-order valence-electron chi connectivity index (χ3n) is 3.77. The van der Waals surface area contributed by atoms with Crippen molar-refractivity contribution in [2.45, 2.75) is 26.7 Å². The van der Waals surface area contributed by atoms with E-state index in [9.17, 15) is 14.7 Å². The molecular formula is C16H21NO4. The van der Waals surface area contributed by atoms with E-state index in [1.165, 1.54) is 6.07 Å². The molecule has 1 saturated heterocycles. The smallest absolute Gasteiger partial charge is 0.310 e. The van der Waals surface area contributed by atoms with Gasteiger partial charge in [0.15, 0.2) is 0 Å². The van der Waals surface area contributed by atoms with Crippen LogP contribution in [0, 0.1) is 12.8 Å². The van der Waals surface area contributed by atoms with E-state index >= 15 is 0 Å². The lowest BCUT2D eigenvalue weighted by molar-refractivity contribution is -0.149. The van der Waals surface area contributed by atoms with Crippen molar-refractivity contribution in [3.63, 3.8) is 0 Å². The van der Waals surface area contributed by atoms with Gasteiger partial charge in [-0.2, -0.15) is 0 Å². The van der Waals surface area contributed by atoms with Crippen LogP contribution in [0.3, 0.4) is 0 Å². The van der Waals surface area contributed by atoms with Crippen LogP contribution in [-0.2, 0) is 9.53 Å². The number of nitrogens with zero attached hydrogens (tertiary/aromatic N) is 1. The lowest BCUT2D eigenvalue weighted by Gasteiger charge is -2.31. The molecular weight excluding hydrogens is 270 g/mol. The summed E-state index contributed by atoms with van der Waals surface area (Å²) in [5, 5.41) is 9.52. The van der Waals surface area contributed by atoms with Crippen molar-refractivity contribution in [1.82, 2.24) is 4.90 Å². The molecule has 0 saturated carbocycles. The van der Waals surface area contributed by atoms with Gasteiger partial charge in [0, 0.05) is 18.7 Å². The van der Waals surface area contributed by atoms with Crippen LogP contribution in [0.4, 0.5) is 0 Å². The summed E-state index contributed by atoms with van der Waals surface area (Å²) in [6.45, 7) is 4.94. The van der Waals surface area contributed by atoms with E-state index in [2.05, 4.69) is 0 Å². The number of phenolic OH excluding ortho intramolecular Hbond substituents is 1. The van der Waals surface area contributed by atoms with E-state index in [4.69, 9.17) is 4.74 Å². The number of rotatable bonds is 3. The number of carbonyl (C=O) groups is 2. The quantitative estimate of drug-likeness (QED) is 0.866. The molecule has 1 amide bonds. The van der Waals surface area contributed by atoms with Crippen LogP contribution in [0.5, 0.6) is 5.75 Å². The fraction of sp³-hybridized carbons (Fsp3) is 0.500. The number of aryl methyl sites for hydroxylation is 1. The zero-order valence-electron chi connectivity index (χ0n) is 12.5. The van der Waals surface area contributed by atoms with Gasteiger partial charge in [-0.1, -0.05) is 0 Å².